The maximum absolute atomic E-state index is 10.5. The lowest BCUT2D eigenvalue weighted by molar-refractivity contribution is -0.138. The molecule has 1 aromatic rings. The van der Waals surface area contributed by atoms with Crippen LogP contribution >= 0.6 is 11.8 Å². The van der Waals surface area contributed by atoms with Crippen molar-refractivity contribution in [3.8, 4) is 0 Å². The number of thioether (sulfide) groups is 1. The third kappa shape index (κ3) is 34.2. The van der Waals surface area contributed by atoms with Crippen LogP contribution in [-0.2, 0) is 35.7 Å². The minimum absolute atomic E-state index is 0.0666. The van der Waals surface area contributed by atoms with Gasteiger partial charge in [-0.3, -0.25) is 27.6 Å². The van der Waals surface area contributed by atoms with E-state index in [0.29, 0.717) is 6.42 Å². The topological polar surface area (TPSA) is 267 Å². The summed E-state index contributed by atoms with van der Waals surface area (Å²) in [4.78, 5) is 10.0. The molecule has 14 nitrogen and oxygen atoms in total. The van der Waals surface area contributed by atoms with Gasteiger partial charge in [0.15, 0.2) is 0 Å². The number of carbonyl (C=O) groups is 1. The van der Waals surface area contributed by atoms with Gasteiger partial charge in [0.2, 0.25) is 0 Å². The summed E-state index contributed by atoms with van der Waals surface area (Å²) in [5.41, 5.74) is 6.15. The maximum Gasteiger partial charge on any atom is 0.394 e. The summed E-state index contributed by atoms with van der Waals surface area (Å²) in [5.74, 6) is -0.1000. The zero-order chi connectivity index (χ0) is 24.8. The Hall–Kier alpha value is -1.35. The molecule has 18 heteroatoms. The Labute approximate surface area is 178 Å². The predicted molar refractivity (Wildman–Crippen MR) is 108 cm³/mol. The molecule has 0 saturated carbocycles. The van der Waals surface area contributed by atoms with Crippen molar-refractivity contribution in [2.24, 2.45) is 5.73 Å². The van der Waals surface area contributed by atoms with Gasteiger partial charge < -0.3 is 10.8 Å². The molecule has 0 amide bonds. The highest BCUT2D eigenvalue weighted by Gasteiger charge is 2.09. The molecule has 8 N–H and O–H groups in total. The number of benzene rings is 1. The van der Waals surface area contributed by atoms with Crippen molar-refractivity contribution in [2.45, 2.75) is 24.3 Å². The smallest absolute Gasteiger partial charge is 0.394 e. The Kier molecular flexibility index (Phi) is 17.1. The molecule has 0 aliphatic rings. The Bertz CT molecular complexity index is 879. The van der Waals surface area contributed by atoms with E-state index in [1.54, 1.807) is 23.9 Å². The van der Waals surface area contributed by atoms with E-state index in [-0.39, 0.29) is 4.90 Å². The average Bonchev–Trinajstić information content (AvgIpc) is 2.49. The van der Waals surface area contributed by atoms with Gasteiger partial charge in [-0.15, -0.1) is 0 Å². The fourth-order valence-corrected chi connectivity index (χ4v) is 2.05. The van der Waals surface area contributed by atoms with E-state index >= 15 is 0 Å². The normalized spacial score (nSPS) is 12.0. The van der Waals surface area contributed by atoms with Gasteiger partial charge in [0.25, 0.3) is 10.1 Å². The van der Waals surface area contributed by atoms with Gasteiger partial charge in [-0.25, -0.2) is 0 Å². The quantitative estimate of drug-likeness (QED) is 0.255. The molecule has 1 aromatic carbocycles. The molecule has 0 heterocycles. The number of hydrogen-bond acceptors (Lipinski definition) is 9. The monoisotopic (exact) mass is 517 g/mol. The van der Waals surface area contributed by atoms with Gasteiger partial charge in [0.05, 0.1) is 4.90 Å². The molecular weight excluding hydrogens is 494 g/mol. The zero-order valence-corrected chi connectivity index (χ0v) is 18.8. The lowest BCUT2D eigenvalue weighted by atomic mass is 10.2. The van der Waals surface area contributed by atoms with Crippen LogP contribution in [0.25, 0.3) is 0 Å². The first-order valence-corrected chi connectivity index (χ1v) is 12.7. The standard InChI is InChI=1S/C7H8O3S.C5H11NO2S.2H2O4S/c1-6-2-4-7(5-3-6)11(8,9)10;1-9-3-2-4(6)5(7)8;2*1-5(2,3)4/h2-5H,1H3,(H,8,9,10);4H,2-3,6H2,1H3,(H,7,8);2*(H2,1,2,3,4)/t;4-;;/m.0../s1. The molecule has 1 atom stereocenters. The van der Waals surface area contributed by atoms with Crippen LogP contribution in [-0.4, -0.2) is 77.1 Å². The third-order valence-electron chi connectivity index (χ3n) is 2.27. The highest BCUT2D eigenvalue weighted by Crippen LogP contribution is 2.08. The van der Waals surface area contributed by atoms with Crippen LogP contribution in [0.5, 0.6) is 0 Å². The molecule has 0 bridgehead atoms. The first-order chi connectivity index (χ1) is 13.2. The first kappa shape index (κ1) is 33.3. The molecule has 0 spiro atoms. The van der Waals surface area contributed by atoms with Crippen LogP contribution < -0.4 is 5.73 Å². The van der Waals surface area contributed by atoms with Crippen LogP contribution in [0.1, 0.15) is 12.0 Å². The van der Waals surface area contributed by atoms with Crippen molar-refractivity contribution in [3.63, 3.8) is 0 Å². The summed E-state index contributed by atoms with van der Waals surface area (Å²) in [6, 6.07) is 5.30. The maximum atomic E-state index is 10.5. The minimum Gasteiger partial charge on any atom is -0.480 e. The average molecular weight is 518 g/mol. The SMILES string of the molecule is CSCC[C@H](N)C(=O)O.Cc1ccc(S(=O)(=O)O)cc1.O=S(=O)(O)O.O=S(=O)(O)O. The number of aliphatic carboxylic acids is 1. The Morgan fingerprint density at radius 3 is 1.50 bits per heavy atom. The Balaban J connectivity index is -0.000000346. The summed E-state index contributed by atoms with van der Waals surface area (Å²) >= 11 is 1.60. The largest absolute Gasteiger partial charge is 0.480 e. The predicted octanol–water partition coefficient (Wildman–Crippen LogP) is 0.0875. The fourth-order valence-electron chi connectivity index (χ4n) is 1.08. The molecular formula is C12H23NO13S4. The third-order valence-corrected chi connectivity index (χ3v) is 3.78. The lowest BCUT2D eigenvalue weighted by Crippen LogP contribution is -2.30. The molecule has 0 saturated heterocycles. The summed E-state index contributed by atoms with van der Waals surface area (Å²) in [6.07, 6.45) is 2.48. The summed E-state index contributed by atoms with van der Waals surface area (Å²) in [7, 11) is -13.4. The number of hydrogen-bond donors (Lipinski definition) is 7. The molecule has 1 rings (SSSR count). The van der Waals surface area contributed by atoms with Crippen molar-refractivity contribution in [2.75, 3.05) is 12.0 Å². The second-order valence-electron chi connectivity index (χ2n) is 4.91. The zero-order valence-electron chi connectivity index (χ0n) is 15.6. The molecule has 30 heavy (non-hydrogen) atoms. The van der Waals surface area contributed by atoms with E-state index in [9.17, 15) is 13.2 Å². The number of nitrogens with two attached hydrogens (primary N) is 1. The van der Waals surface area contributed by atoms with E-state index in [4.69, 9.17) is 50.4 Å². The molecule has 0 aliphatic heterocycles. The number of carboxylic acid groups (broad SMARTS) is 1. The number of aryl methyl sites for hydroxylation is 1. The van der Waals surface area contributed by atoms with E-state index in [1.807, 2.05) is 13.2 Å². The van der Waals surface area contributed by atoms with E-state index in [1.165, 1.54) is 12.1 Å². The number of rotatable bonds is 5. The summed E-state index contributed by atoms with van der Waals surface area (Å²) in [6.45, 7) is 1.84. The fraction of sp³-hybridized carbons (Fsp3) is 0.417. The highest BCUT2D eigenvalue weighted by molar-refractivity contribution is 7.98. The van der Waals surface area contributed by atoms with Crippen LogP contribution in [0.3, 0.4) is 0 Å². The highest BCUT2D eigenvalue weighted by atomic mass is 32.3. The second-order valence-corrected chi connectivity index (χ2v) is 9.11. The van der Waals surface area contributed by atoms with Gasteiger partial charge in [0.1, 0.15) is 6.04 Å². The van der Waals surface area contributed by atoms with Crippen LogP contribution in [0.4, 0.5) is 0 Å². The van der Waals surface area contributed by atoms with Crippen LogP contribution in [0.15, 0.2) is 29.2 Å². The molecule has 0 unspecified atom stereocenters. The summed E-state index contributed by atoms with van der Waals surface area (Å²) in [5, 5.41) is 8.27. The van der Waals surface area contributed by atoms with Crippen molar-refractivity contribution >= 4 is 48.6 Å². The lowest BCUT2D eigenvalue weighted by Gasteiger charge is -2.02. The van der Waals surface area contributed by atoms with Crippen molar-refractivity contribution in [3.05, 3.63) is 29.8 Å². The Morgan fingerprint density at radius 1 is 0.933 bits per heavy atom. The van der Waals surface area contributed by atoms with Crippen LogP contribution in [0.2, 0.25) is 0 Å². The van der Waals surface area contributed by atoms with E-state index < -0.39 is 42.9 Å². The molecule has 178 valence electrons. The van der Waals surface area contributed by atoms with Crippen molar-refractivity contribution < 1.29 is 57.9 Å². The number of carboxylic acids is 1. The van der Waals surface area contributed by atoms with Crippen molar-refractivity contribution in [1.82, 2.24) is 0 Å². The molecule has 0 aliphatic carbocycles. The first-order valence-electron chi connectivity index (χ1n) is 7.09. The van der Waals surface area contributed by atoms with Gasteiger partial charge >= 0.3 is 26.8 Å². The molecule has 0 radical (unpaired) electrons. The molecule has 0 aromatic heterocycles. The van der Waals surface area contributed by atoms with E-state index in [0.717, 1.165) is 11.3 Å². The van der Waals surface area contributed by atoms with Gasteiger partial charge in [-0.1, -0.05) is 17.7 Å². The molecule has 0 fully saturated rings. The summed E-state index contributed by atoms with van der Waals surface area (Å²) < 4.78 is 92.7. The van der Waals surface area contributed by atoms with Gasteiger partial charge in [-0.2, -0.15) is 37.0 Å². The second kappa shape index (κ2) is 15.5. The van der Waals surface area contributed by atoms with Crippen LogP contribution in [0, 0.1) is 6.92 Å². The minimum atomic E-state index is -4.67. The Morgan fingerprint density at radius 2 is 1.27 bits per heavy atom. The van der Waals surface area contributed by atoms with E-state index in [2.05, 4.69) is 0 Å². The van der Waals surface area contributed by atoms with Gasteiger partial charge in [-0.05, 0) is 37.5 Å². The van der Waals surface area contributed by atoms with Crippen molar-refractivity contribution in [1.29, 1.82) is 0 Å². The van der Waals surface area contributed by atoms with Gasteiger partial charge in [0, 0.05) is 0 Å².